The lowest BCUT2D eigenvalue weighted by atomic mass is 9.53. The molecule has 1 aromatic carbocycles. The molecule has 1 saturated heterocycles. The fourth-order valence-electron chi connectivity index (χ4n) is 6.98. The molecule has 4 aliphatic carbocycles. The molecular formula is C24H34N2O4S. The van der Waals surface area contributed by atoms with Gasteiger partial charge in [-0.1, -0.05) is 6.92 Å². The minimum absolute atomic E-state index is 0.143. The summed E-state index contributed by atoms with van der Waals surface area (Å²) in [5.74, 6) is 2.87. The molecule has 0 unspecified atom stereocenters. The molecule has 1 heterocycles. The molecule has 31 heavy (non-hydrogen) atoms. The topological polar surface area (TPSA) is 75.7 Å². The van der Waals surface area contributed by atoms with Crippen LogP contribution in [0.3, 0.4) is 0 Å². The Bertz CT molecular complexity index is 931. The lowest BCUT2D eigenvalue weighted by Gasteiger charge is -2.56. The van der Waals surface area contributed by atoms with E-state index in [1.807, 2.05) is 4.90 Å². The van der Waals surface area contributed by atoms with Gasteiger partial charge in [0.2, 0.25) is 10.0 Å². The van der Waals surface area contributed by atoms with Gasteiger partial charge in [-0.2, -0.15) is 0 Å². The normalized spacial score (nSPS) is 33.0. The van der Waals surface area contributed by atoms with Gasteiger partial charge in [0.25, 0.3) is 5.91 Å². The van der Waals surface area contributed by atoms with Crippen molar-refractivity contribution in [1.29, 1.82) is 0 Å². The molecule has 6 nitrogen and oxygen atoms in total. The predicted molar refractivity (Wildman–Crippen MR) is 119 cm³/mol. The first kappa shape index (κ1) is 21.3. The number of carbonyl (C=O) groups excluding carboxylic acids is 1. The van der Waals surface area contributed by atoms with E-state index < -0.39 is 10.0 Å². The van der Waals surface area contributed by atoms with Gasteiger partial charge in [0.1, 0.15) is 5.75 Å². The van der Waals surface area contributed by atoms with Crippen molar-refractivity contribution in [1.82, 2.24) is 9.62 Å². The molecule has 0 atom stereocenters. The number of methoxy groups -OCH3 is 1. The zero-order valence-corrected chi connectivity index (χ0v) is 19.4. The molecular weight excluding hydrogens is 412 g/mol. The summed E-state index contributed by atoms with van der Waals surface area (Å²) in [5, 5.41) is 0. The third kappa shape index (κ3) is 3.99. The van der Waals surface area contributed by atoms with Crippen molar-refractivity contribution in [2.75, 3.05) is 20.2 Å². The highest BCUT2D eigenvalue weighted by Gasteiger charge is 2.52. The summed E-state index contributed by atoms with van der Waals surface area (Å²) in [4.78, 5) is 15.2. The van der Waals surface area contributed by atoms with Crippen molar-refractivity contribution in [3.05, 3.63) is 23.8 Å². The molecule has 1 aliphatic heterocycles. The van der Waals surface area contributed by atoms with Crippen LogP contribution < -0.4 is 9.46 Å². The Morgan fingerprint density at radius 3 is 2.19 bits per heavy atom. The summed E-state index contributed by atoms with van der Waals surface area (Å²) in [6, 6.07) is 4.70. The number of piperidine rings is 1. The summed E-state index contributed by atoms with van der Waals surface area (Å²) >= 11 is 0. The first-order chi connectivity index (χ1) is 14.8. The number of benzene rings is 1. The fourth-order valence-corrected chi connectivity index (χ4v) is 8.44. The lowest BCUT2D eigenvalue weighted by Crippen LogP contribution is -2.59. The van der Waals surface area contributed by atoms with Crippen LogP contribution in [0.25, 0.3) is 0 Å². The number of ether oxygens (including phenoxy) is 1. The predicted octanol–water partition coefficient (Wildman–Crippen LogP) is 3.81. The van der Waals surface area contributed by atoms with Crippen molar-refractivity contribution < 1.29 is 17.9 Å². The average molecular weight is 447 g/mol. The van der Waals surface area contributed by atoms with Gasteiger partial charge in [0.15, 0.2) is 0 Å². The zero-order valence-electron chi connectivity index (χ0n) is 18.6. The van der Waals surface area contributed by atoms with E-state index in [0.717, 1.165) is 32.1 Å². The van der Waals surface area contributed by atoms with Crippen LogP contribution in [0.1, 0.15) is 68.6 Å². The molecule has 170 valence electrons. The van der Waals surface area contributed by atoms with Gasteiger partial charge in [-0.15, -0.1) is 0 Å². The largest absolute Gasteiger partial charge is 0.496 e. The SMILES string of the molecule is COc1ccc(S(=O)(=O)NC23CC4CC(CC(C4)C2)C3)cc1C(=O)N1CCC(C)CC1. The van der Waals surface area contributed by atoms with Crippen LogP contribution in [0.4, 0.5) is 0 Å². The van der Waals surface area contributed by atoms with Crippen LogP contribution in [-0.2, 0) is 10.0 Å². The molecule has 7 heteroatoms. The Morgan fingerprint density at radius 1 is 1.06 bits per heavy atom. The van der Waals surface area contributed by atoms with E-state index in [4.69, 9.17) is 4.74 Å². The molecule has 6 rings (SSSR count). The molecule has 5 fully saturated rings. The minimum atomic E-state index is -3.72. The minimum Gasteiger partial charge on any atom is -0.496 e. The van der Waals surface area contributed by atoms with Crippen LogP contribution >= 0.6 is 0 Å². The standard InChI is InChI=1S/C24H34N2O4S/c1-16-5-7-26(8-6-16)23(27)21-12-20(3-4-22(21)30-2)31(28,29)25-24-13-17-9-18(14-24)11-19(10-17)15-24/h3-4,12,16-19,25H,5-11,13-15H2,1-2H3. The number of nitrogens with one attached hydrogen (secondary N) is 1. The van der Waals surface area contributed by atoms with Gasteiger partial charge < -0.3 is 9.64 Å². The molecule has 0 spiro atoms. The number of rotatable bonds is 5. The number of hydrogen-bond acceptors (Lipinski definition) is 4. The Labute approximate surface area is 185 Å². The number of amides is 1. The molecule has 5 aliphatic rings. The molecule has 0 radical (unpaired) electrons. The van der Waals surface area contributed by atoms with E-state index in [1.54, 1.807) is 12.1 Å². The number of likely N-dealkylation sites (tertiary alicyclic amines) is 1. The van der Waals surface area contributed by atoms with Gasteiger partial charge in [-0.3, -0.25) is 4.79 Å². The van der Waals surface area contributed by atoms with Gasteiger partial charge in [-0.05, 0) is 93.2 Å². The highest BCUT2D eigenvalue weighted by molar-refractivity contribution is 7.89. The maximum absolute atomic E-state index is 13.4. The van der Waals surface area contributed by atoms with E-state index in [-0.39, 0.29) is 16.3 Å². The second-order valence-corrected chi connectivity index (χ2v) is 12.3. The maximum atomic E-state index is 13.4. The van der Waals surface area contributed by atoms with Crippen molar-refractivity contribution in [2.24, 2.45) is 23.7 Å². The summed E-state index contributed by atoms with van der Waals surface area (Å²) in [7, 11) is -2.20. The van der Waals surface area contributed by atoms with Gasteiger partial charge >= 0.3 is 0 Å². The monoisotopic (exact) mass is 446 g/mol. The highest BCUT2D eigenvalue weighted by atomic mass is 32.2. The highest BCUT2D eigenvalue weighted by Crippen LogP contribution is 2.56. The molecule has 4 saturated carbocycles. The molecule has 4 bridgehead atoms. The van der Waals surface area contributed by atoms with Crippen LogP contribution in [0, 0.1) is 23.7 Å². The summed E-state index contributed by atoms with van der Waals surface area (Å²) < 4.78 is 35.4. The maximum Gasteiger partial charge on any atom is 0.257 e. The summed E-state index contributed by atoms with van der Waals surface area (Å²) in [6.07, 6.45) is 8.58. The number of carbonyl (C=O) groups is 1. The van der Waals surface area contributed by atoms with Crippen LogP contribution in [0.2, 0.25) is 0 Å². The van der Waals surface area contributed by atoms with Crippen molar-refractivity contribution in [2.45, 2.75) is 68.7 Å². The van der Waals surface area contributed by atoms with Crippen molar-refractivity contribution >= 4 is 15.9 Å². The Balaban J connectivity index is 1.41. The zero-order chi connectivity index (χ0) is 21.8. The van der Waals surface area contributed by atoms with Gasteiger partial charge in [-0.25, -0.2) is 13.1 Å². The Hall–Kier alpha value is -1.60. The van der Waals surface area contributed by atoms with E-state index >= 15 is 0 Å². The smallest absolute Gasteiger partial charge is 0.257 e. The number of sulfonamides is 1. The third-order valence-electron chi connectivity index (χ3n) is 8.17. The average Bonchev–Trinajstić information content (AvgIpc) is 2.71. The molecule has 1 N–H and O–H groups in total. The van der Waals surface area contributed by atoms with Crippen LogP contribution in [0.5, 0.6) is 5.75 Å². The second-order valence-electron chi connectivity index (χ2n) is 10.6. The molecule has 1 aromatic rings. The van der Waals surface area contributed by atoms with Crippen molar-refractivity contribution in [3.63, 3.8) is 0 Å². The first-order valence-electron chi connectivity index (χ1n) is 11.8. The Kier molecular flexibility index (Phi) is 5.32. The van der Waals surface area contributed by atoms with Crippen LogP contribution in [0.15, 0.2) is 23.1 Å². The van der Waals surface area contributed by atoms with E-state index in [2.05, 4.69) is 11.6 Å². The second kappa shape index (κ2) is 7.77. The van der Waals surface area contributed by atoms with E-state index in [9.17, 15) is 13.2 Å². The van der Waals surface area contributed by atoms with Crippen molar-refractivity contribution in [3.8, 4) is 5.75 Å². The first-order valence-corrected chi connectivity index (χ1v) is 13.3. The quantitative estimate of drug-likeness (QED) is 0.746. The lowest BCUT2D eigenvalue weighted by molar-refractivity contribution is -0.00810. The molecule has 1 amide bonds. The number of hydrogen-bond donors (Lipinski definition) is 1. The summed E-state index contributed by atoms with van der Waals surface area (Å²) in [5.41, 5.74) is 0.0335. The molecule has 0 aromatic heterocycles. The third-order valence-corrected chi connectivity index (χ3v) is 9.75. The Morgan fingerprint density at radius 2 is 1.65 bits per heavy atom. The van der Waals surface area contributed by atoms with Gasteiger partial charge in [0.05, 0.1) is 17.6 Å². The summed E-state index contributed by atoms with van der Waals surface area (Å²) in [6.45, 7) is 3.60. The number of nitrogens with zero attached hydrogens (tertiary/aromatic N) is 1. The van der Waals surface area contributed by atoms with Crippen LogP contribution in [-0.4, -0.2) is 45.0 Å². The van der Waals surface area contributed by atoms with Gasteiger partial charge in [0, 0.05) is 18.6 Å². The fraction of sp³-hybridized carbons (Fsp3) is 0.708. The van der Waals surface area contributed by atoms with E-state index in [1.165, 1.54) is 32.4 Å². The van der Waals surface area contributed by atoms with E-state index in [0.29, 0.717) is 48.1 Å².